The fourth-order valence-electron chi connectivity index (χ4n) is 0.704. The van der Waals surface area contributed by atoms with Crippen LogP contribution in [0.2, 0.25) is 0 Å². The SMILES string of the molecule is C=C[C@@H](OCOC)[C@@H](C)C(=O)O. The minimum Gasteiger partial charge on any atom is -0.481 e. The molecule has 4 heteroatoms. The van der Waals surface area contributed by atoms with Crippen LogP contribution in [0.5, 0.6) is 0 Å². The van der Waals surface area contributed by atoms with Crippen molar-refractivity contribution < 1.29 is 19.4 Å². The molecule has 0 rings (SSSR count). The van der Waals surface area contributed by atoms with Gasteiger partial charge >= 0.3 is 5.97 Å². The Bertz CT molecular complexity index is 155. The van der Waals surface area contributed by atoms with Crippen LogP contribution in [0.3, 0.4) is 0 Å². The molecule has 0 unspecified atom stereocenters. The number of hydrogen-bond donors (Lipinski definition) is 1. The maximum absolute atomic E-state index is 10.5. The second-order valence-corrected chi connectivity index (χ2v) is 2.40. The molecule has 0 saturated heterocycles. The molecular weight excluding hydrogens is 160 g/mol. The van der Waals surface area contributed by atoms with E-state index in [1.165, 1.54) is 13.2 Å². The Labute approximate surface area is 71.8 Å². The van der Waals surface area contributed by atoms with Crippen molar-refractivity contribution in [2.45, 2.75) is 13.0 Å². The predicted molar refractivity (Wildman–Crippen MR) is 43.7 cm³/mol. The number of methoxy groups -OCH3 is 1. The van der Waals surface area contributed by atoms with Gasteiger partial charge in [-0.1, -0.05) is 6.08 Å². The molecule has 0 aliphatic heterocycles. The van der Waals surface area contributed by atoms with Crippen molar-refractivity contribution in [1.82, 2.24) is 0 Å². The summed E-state index contributed by atoms with van der Waals surface area (Å²) in [6.45, 7) is 5.11. The minimum atomic E-state index is -0.906. The van der Waals surface area contributed by atoms with Crippen LogP contribution in [0, 0.1) is 5.92 Å². The maximum atomic E-state index is 10.5. The maximum Gasteiger partial charge on any atom is 0.309 e. The van der Waals surface area contributed by atoms with Crippen LogP contribution < -0.4 is 0 Å². The highest BCUT2D eigenvalue weighted by molar-refractivity contribution is 5.70. The summed E-state index contributed by atoms with van der Waals surface area (Å²) >= 11 is 0. The summed E-state index contributed by atoms with van der Waals surface area (Å²) in [4.78, 5) is 10.5. The summed E-state index contributed by atoms with van der Waals surface area (Å²) in [5.41, 5.74) is 0. The second-order valence-electron chi connectivity index (χ2n) is 2.40. The van der Waals surface area contributed by atoms with E-state index in [0.29, 0.717) is 0 Å². The average Bonchev–Trinajstić information content (AvgIpc) is 2.05. The number of rotatable bonds is 6. The lowest BCUT2D eigenvalue weighted by atomic mass is 10.1. The second kappa shape index (κ2) is 5.74. The van der Waals surface area contributed by atoms with Crippen LogP contribution in [-0.4, -0.2) is 31.1 Å². The molecule has 0 aromatic heterocycles. The number of carbonyl (C=O) groups is 1. The summed E-state index contributed by atoms with van der Waals surface area (Å²) in [7, 11) is 1.48. The molecule has 70 valence electrons. The van der Waals surface area contributed by atoms with Crippen molar-refractivity contribution in [2.75, 3.05) is 13.9 Å². The highest BCUT2D eigenvalue weighted by Gasteiger charge is 2.21. The van der Waals surface area contributed by atoms with Gasteiger partial charge in [-0.15, -0.1) is 6.58 Å². The fourth-order valence-corrected chi connectivity index (χ4v) is 0.704. The van der Waals surface area contributed by atoms with Crippen molar-refractivity contribution in [3.05, 3.63) is 12.7 Å². The standard InChI is InChI=1S/C8H14O4/c1-4-7(12-5-11-3)6(2)8(9)10/h4,6-7H,1,5H2,2-3H3,(H,9,10)/t6-,7-/m1/s1. The van der Waals surface area contributed by atoms with Gasteiger partial charge in [-0.25, -0.2) is 0 Å². The third-order valence-corrected chi connectivity index (χ3v) is 1.49. The summed E-state index contributed by atoms with van der Waals surface area (Å²) in [5.74, 6) is -1.51. The molecule has 0 aromatic rings. The van der Waals surface area contributed by atoms with Crippen LogP contribution in [0.15, 0.2) is 12.7 Å². The first-order chi connectivity index (χ1) is 5.63. The van der Waals surface area contributed by atoms with Crippen LogP contribution in [0.4, 0.5) is 0 Å². The number of aliphatic carboxylic acids is 1. The van der Waals surface area contributed by atoms with E-state index in [1.54, 1.807) is 6.92 Å². The van der Waals surface area contributed by atoms with E-state index in [2.05, 4.69) is 11.3 Å². The molecule has 0 bridgehead atoms. The lowest BCUT2D eigenvalue weighted by Gasteiger charge is -2.16. The molecular formula is C8H14O4. The van der Waals surface area contributed by atoms with Gasteiger partial charge in [0.25, 0.3) is 0 Å². The van der Waals surface area contributed by atoms with Gasteiger partial charge in [-0.3, -0.25) is 4.79 Å². The molecule has 0 aromatic carbocycles. The van der Waals surface area contributed by atoms with E-state index in [4.69, 9.17) is 9.84 Å². The molecule has 0 aliphatic carbocycles. The number of carboxylic acids is 1. The van der Waals surface area contributed by atoms with E-state index < -0.39 is 18.0 Å². The van der Waals surface area contributed by atoms with Crippen molar-refractivity contribution in [3.8, 4) is 0 Å². The van der Waals surface area contributed by atoms with Crippen molar-refractivity contribution in [1.29, 1.82) is 0 Å². The highest BCUT2D eigenvalue weighted by Crippen LogP contribution is 2.08. The molecule has 1 N–H and O–H groups in total. The summed E-state index contributed by atoms with van der Waals surface area (Å²) in [6, 6.07) is 0. The Hall–Kier alpha value is -0.870. The lowest BCUT2D eigenvalue weighted by Crippen LogP contribution is -2.27. The highest BCUT2D eigenvalue weighted by atomic mass is 16.7. The fraction of sp³-hybridized carbons (Fsp3) is 0.625. The Morgan fingerprint density at radius 3 is 2.67 bits per heavy atom. The van der Waals surface area contributed by atoms with Crippen molar-refractivity contribution in [2.24, 2.45) is 5.92 Å². The molecule has 4 nitrogen and oxygen atoms in total. The summed E-state index contributed by atoms with van der Waals surface area (Å²) in [5, 5.41) is 8.61. The molecule has 2 atom stereocenters. The van der Waals surface area contributed by atoms with E-state index >= 15 is 0 Å². The number of ether oxygens (including phenoxy) is 2. The van der Waals surface area contributed by atoms with Gasteiger partial charge in [0.1, 0.15) is 6.79 Å². The van der Waals surface area contributed by atoms with Gasteiger partial charge in [0.2, 0.25) is 0 Å². The molecule has 0 aliphatic rings. The molecule has 0 radical (unpaired) electrons. The van der Waals surface area contributed by atoms with Gasteiger partial charge in [-0.2, -0.15) is 0 Å². The van der Waals surface area contributed by atoms with E-state index in [9.17, 15) is 4.79 Å². The van der Waals surface area contributed by atoms with Crippen molar-refractivity contribution in [3.63, 3.8) is 0 Å². The minimum absolute atomic E-state index is 0.0777. The quantitative estimate of drug-likeness (QED) is 0.479. The van der Waals surface area contributed by atoms with Crippen LogP contribution in [0.1, 0.15) is 6.92 Å². The Morgan fingerprint density at radius 1 is 1.75 bits per heavy atom. The van der Waals surface area contributed by atoms with Crippen LogP contribution >= 0.6 is 0 Å². The van der Waals surface area contributed by atoms with E-state index in [-0.39, 0.29) is 6.79 Å². The lowest BCUT2D eigenvalue weighted by molar-refractivity contribution is -0.148. The largest absolute Gasteiger partial charge is 0.481 e. The number of carboxylic acid groups (broad SMARTS) is 1. The van der Waals surface area contributed by atoms with Crippen molar-refractivity contribution >= 4 is 5.97 Å². The van der Waals surface area contributed by atoms with Gasteiger partial charge in [0.05, 0.1) is 12.0 Å². The molecule has 0 saturated carbocycles. The van der Waals surface area contributed by atoms with Gasteiger partial charge in [0, 0.05) is 7.11 Å². The predicted octanol–water partition coefficient (Wildman–Crippen LogP) is 0.882. The molecule has 0 amide bonds. The third-order valence-electron chi connectivity index (χ3n) is 1.49. The monoisotopic (exact) mass is 174 g/mol. The van der Waals surface area contributed by atoms with Crippen LogP contribution in [-0.2, 0) is 14.3 Å². The molecule has 12 heavy (non-hydrogen) atoms. The third kappa shape index (κ3) is 3.50. The first-order valence-electron chi connectivity index (χ1n) is 3.59. The molecule has 0 spiro atoms. The first kappa shape index (κ1) is 11.1. The zero-order valence-corrected chi connectivity index (χ0v) is 7.32. The van der Waals surface area contributed by atoms with Crippen LogP contribution in [0.25, 0.3) is 0 Å². The number of hydrogen-bond acceptors (Lipinski definition) is 3. The smallest absolute Gasteiger partial charge is 0.309 e. The Kier molecular flexibility index (Phi) is 5.32. The topological polar surface area (TPSA) is 55.8 Å². The summed E-state index contributed by atoms with van der Waals surface area (Å²) in [6.07, 6.45) is 0.958. The zero-order valence-electron chi connectivity index (χ0n) is 7.32. The Morgan fingerprint density at radius 2 is 2.33 bits per heavy atom. The van der Waals surface area contributed by atoms with Gasteiger partial charge in [-0.05, 0) is 6.92 Å². The summed E-state index contributed by atoms with van der Waals surface area (Å²) < 4.78 is 9.68. The Balaban J connectivity index is 3.95. The zero-order chi connectivity index (χ0) is 9.56. The normalized spacial score (nSPS) is 15.2. The molecule has 0 heterocycles. The van der Waals surface area contributed by atoms with Gasteiger partial charge < -0.3 is 14.6 Å². The first-order valence-corrected chi connectivity index (χ1v) is 3.59. The molecule has 0 fully saturated rings. The van der Waals surface area contributed by atoms with E-state index in [0.717, 1.165) is 0 Å². The van der Waals surface area contributed by atoms with E-state index in [1.807, 2.05) is 0 Å². The average molecular weight is 174 g/mol. The van der Waals surface area contributed by atoms with Gasteiger partial charge in [0.15, 0.2) is 0 Å².